The Kier molecular flexibility index (Phi) is 6.47. The third kappa shape index (κ3) is 5.88. The number of rotatable bonds is 4. The number of hydrogen-bond donors (Lipinski definition) is 1. The third-order valence-electron chi connectivity index (χ3n) is 4.41. The van der Waals surface area contributed by atoms with Gasteiger partial charge >= 0.3 is 6.09 Å². The van der Waals surface area contributed by atoms with Crippen LogP contribution in [0.25, 0.3) is 0 Å². The number of nitrogens with one attached hydrogen (secondary N) is 1. The molecule has 1 amide bonds. The molecular weight excluding hydrogens is 376 g/mol. The Bertz CT molecular complexity index is 785. The normalized spacial score (nSPS) is 17.3. The maximum absolute atomic E-state index is 12.3. The lowest BCUT2D eigenvalue weighted by Crippen LogP contribution is -2.44. The van der Waals surface area contributed by atoms with E-state index in [1.807, 2.05) is 69.3 Å². The second kappa shape index (κ2) is 8.84. The highest BCUT2D eigenvalue weighted by molar-refractivity contribution is 6.30. The van der Waals surface area contributed by atoms with Gasteiger partial charge in [0, 0.05) is 23.8 Å². The van der Waals surface area contributed by atoms with Crippen LogP contribution in [-0.2, 0) is 16.0 Å². The van der Waals surface area contributed by atoms with Crippen molar-refractivity contribution >= 4 is 23.4 Å². The number of hydrogen-bond acceptors (Lipinski definition) is 4. The summed E-state index contributed by atoms with van der Waals surface area (Å²) in [6.07, 6.45) is -0.436. The van der Waals surface area contributed by atoms with Gasteiger partial charge in [-0.25, -0.2) is 4.79 Å². The van der Waals surface area contributed by atoms with Gasteiger partial charge in [-0.1, -0.05) is 35.9 Å². The van der Waals surface area contributed by atoms with E-state index in [9.17, 15) is 4.79 Å². The molecule has 28 heavy (non-hydrogen) atoms. The van der Waals surface area contributed by atoms with Gasteiger partial charge in [-0.2, -0.15) is 0 Å². The van der Waals surface area contributed by atoms with Crippen molar-refractivity contribution in [2.24, 2.45) is 0 Å². The molecule has 0 spiro atoms. The Hall–Kier alpha value is -2.24. The van der Waals surface area contributed by atoms with Crippen LogP contribution < -0.4 is 5.32 Å². The standard InChI is InChI=1S/C22H27ClN2O3/c1-22(2,3)28-21(26)25-12-13-27-20(15-25)17-6-10-19(11-7-17)24-14-16-4-8-18(23)9-5-16/h4-11,20,24H,12-15H2,1-3H3/t20-/m1/s1. The van der Waals surface area contributed by atoms with Crippen molar-refractivity contribution in [3.05, 3.63) is 64.7 Å². The van der Waals surface area contributed by atoms with Gasteiger partial charge < -0.3 is 19.7 Å². The SMILES string of the molecule is CC(C)(C)OC(=O)N1CCO[C@@H](c2ccc(NCc3ccc(Cl)cc3)cc2)C1. The number of carbonyl (C=O) groups is 1. The maximum Gasteiger partial charge on any atom is 0.410 e. The third-order valence-corrected chi connectivity index (χ3v) is 4.66. The molecule has 1 heterocycles. The molecule has 3 rings (SSSR count). The van der Waals surface area contributed by atoms with E-state index >= 15 is 0 Å². The second-order valence-corrected chi connectivity index (χ2v) is 8.32. The van der Waals surface area contributed by atoms with Crippen LogP contribution >= 0.6 is 11.6 Å². The van der Waals surface area contributed by atoms with Crippen LogP contribution in [0.15, 0.2) is 48.5 Å². The Morgan fingerprint density at radius 2 is 1.86 bits per heavy atom. The molecular formula is C22H27ClN2O3. The average molecular weight is 403 g/mol. The lowest BCUT2D eigenvalue weighted by molar-refractivity contribution is -0.0432. The molecule has 0 bridgehead atoms. The van der Waals surface area contributed by atoms with E-state index in [-0.39, 0.29) is 12.2 Å². The Morgan fingerprint density at radius 3 is 2.50 bits per heavy atom. The predicted octanol–water partition coefficient (Wildman–Crippen LogP) is 5.26. The first kappa shape index (κ1) is 20.5. The van der Waals surface area contributed by atoms with Crippen molar-refractivity contribution in [1.82, 2.24) is 4.90 Å². The summed E-state index contributed by atoms with van der Waals surface area (Å²) < 4.78 is 11.3. The lowest BCUT2D eigenvalue weighted by Gasteiger charge is -2.34. The van der Waals surface area contributed by atoms with E-state index in [0.717, 1.165) is 28.4 Å². The fourth-order valence-corrected chi connectivity index (χ4v) is 3.09. The smallest absolute Gasteiger partial charge is 0.410 e. The van der Waals surface area contributed by atoms with Crippen LogP contribution in [0, 0.1) is 0 Å². The first-order valence-electron chi connectivity index (χ1n) is 9.48. The number of amides is 1. The zero-order chi connectivity index (χ0) is 20.1. The topological polar surface area (TPSA) is 50.8 Å². The molecule has 5 nitrogen and oxygen atoms in total. The van der Waals surface area contributed by atoms with Crippen LogP contribution in [0.4, 0.5) is 10.5 Å². The van der Waals surface area contributed by atoms with Gasteiger partial charge in [-0.3, -0.25) is 0 Å². The molecule has 1 aliphatic rings. The first-order valence-corrected chi connectivity index (χ1v) is 9.86. The number of benzene rings is 2. The monoisotopic (exact) mass is 402 g/mol. The summed E-state index contributed by atoms with van der Waals surface area (Å²) in [5.74, 6) is 0. The summed E-state index contributed by atoms with van der Waals surface area (Å²) in [5.41, 5.74) is 2.74. The summed E-state index contributed by atoms with van der Waals surface area (Å²) in [4.78, 5) is 14.0. The van der Waals surface area contributed by atoms with E-state index in [1.165, 1.54) is 0 Å². The fourth-order valence-electron chi connectivity index (χ4n) is 2.97. The molecule has 0 saturated carbocycles. The van der Waals surface area contributed by atoms with Crippen molar-refractivity contribution < 1.29 is 14.3 Å². The number of nitrogens with zero attached hydrogens (tertiary/aromatic N) is 1. The molecule has 150 valence electrons. The number of anilines is 1. The molecule has 0 unspecified atom stereocenters. The average Bonchev–Trinajstić information content (AvgIpc) is 2.67. The highest BCUT2D eigenvalue weighted by Gasteiger charge is 2.28. The van der Waals surface area contributed by atoms with Gasteiger partial charge in [0.05, 0.1) is 13.2 Å². The van der Waals surface area contributed by atoms with Crippen molar-refractivity contribution in [3.63, 3.8) is 0 Å². The van der Waals surface area contributed by atoms with Gasteiger partial charge in [-0.15, -0.1) is 0 Å². The van der Waals surface area contributed by atoms with E-state index in [0.29, 0.717) is 19.7 Å². The Labute approximate surface area is 171 Å². The van der Waals surface area contributed by atoms with Crippen molar-refractivity contribution in [2.75, 3.05) is 25.0 Å². The summed E-state index contributed by atoms with van der Waals surface area (Å²) >= 11 is 5.92. The summed E-state index contributed by atoms with van der Waals surface area (Å²) in [6, 6.07) is 15.9. The number of ether oxygens (including phenoxy) is 2. The molecule has 1 atom stereocenters. The van der Waals surface area contributed by atoms with Crippen LogP contribution in [0.3, 0.4) is 0 Å². The highest BCUT2D eigenvalue weighted by atomic mass is 35.5. The summed E-state index contributed by atoms with van der Waals surface area (Å²) in [6.45, 7) is 7.89. The van der Waals surface area contributed by atoms with E-state index in [4.69, 9.17) is 21.1 Å². The zero-order valence-electron chi connectivity index (χ0n) is 16.6. The molecule has 1 aliphatic heterocycles. The van der Waals surface area contributed by atoms with E-state index < -0.39 is 5.60 Å². The van der Waals surface area contributed by atoms with Gasteiger partial charge in [0.15, 0.2) is 0 Å². The van der Waals surface area contributed by atoms with Gasteiger partial charge in [0.1, 0.15) is 11.7 Å². The molecule has 1 N–H and O–H groups in total. The minimum absolute atomic E-state index is 0.147. The van der Waals surface area contributed by atoms with Gasteiger partial charge in [0.25, 0.3) is 0 Å². The van der Waals surface area contributed by atoms with Crippen molar-refractivity contribution in [2.45, 2.75) is 39.0 Å². The second-order valence-electron chi connectivity index (χ2n) is 7.89. The molecule has 1 saturated heterocycles. The predicted molar refractivity (Wildman–Crippen MR) is 112 cm³/mol. The minimum atomic E-state index is -0.498. The fraction of sp³-hybridized carbons (Fsp3) is 0.409. The van der Waals surface area contributed by atoms with Crippen LogP contribution in [0.1, 0.15) is 38.0 Å². The van der Waals surface area contributed by atoms with Crippen molar-refractivity contribution in [3.8, 4) is 0 Å². The minimum Gasteiger partial charge on any atom is -0.444 e. The molecule has 1 fully saturated rings. The highest BCUT2D eigenvalue weighted by Crippen LogP contribution is 2.25. The number of halogens is 1. The molecule has 2 aromatic rings. The molecule has 0 aliphatic carbocycles. The van der Waals surface area contributed by atoms with Gasteiger partial charge in [0.2, 0.25) is 0 Å². The first-order chi connectivity index (χ1) is 13.3. The van der Waals surface area contributed by atoms with Gasteiger partial charge in [-0.05, 0) is 56.2 Å². The number of carbonyl (C=O) groups excluding carboxylic acids is 1. The van der Waals surface area contributed by atoms with Crippen LogP contribution in [0.2, 0.25) is 5.02 Å². The largest absolute Gasteiger partial charge is 0.444 e. The quantitative estimate of drug-likeness (QED) is 0.757. The molecule has 0 aromatic heterocycles. The Balaban J connectivity index is 1.56. The molecule has 6 heteroatoms. The van der Waals surface area contributed by atoms with E-state index in [2.05, 4.69) is 5.32 Å². The Morgan fingerprint density at radius 1 is 1.18 bits per heavy atom. The maximum atomic E-state index is 12.3. The zero-order valence-corrected chi connectivity index (χ0v) is 17.3. The molecule has 0 radical (unpaired) electrons. The van der Waals surface area contributed by atoms with Crippen molar-refractivity contribution in [1.29, 1.82) is 0 Å². The van der Waals surface area contributed by atoms with Crippen LogP contribution in [-0.4, -0.2) is 36.3 Å². The lowest BCUT2D eigenvalue weighted by atomic mass is 10.1. The summed E-state index contributed by atoms with van der Waals surface area (Å²) in [5, 5.41) is 4.13. The summed E-state index contributed by atoms with van der Waals surface area (Å²) in [7, 11) is 0. The number of morpholine rings is 1. The molecule has 2 aromatic carbocycles. The van der Waals surface area contributed by atoms with Crippen LogP contribution in [0.5, 0.6) is 0 Å². The van der Waals surface area contributed by atoms with E-state index in [1.54, 1.807) is 4.90 Å².